The molecule has 1 amide bonds. The SMILES string of the molecule is COc1ccc(N)c(C(=O)NCCOC(C)C)c1. The first kappa shape index (κ1) is 14.3. The Balaban J connectivity index is 2.55. The zero-order valence-electron chi connectivity index (χ0n) is 11.0. The van der Waals surface area contributed by atoms with Crippen molar-refractivity contribution in [3.05, 3.63) is 23.8 Å². The first-order chi connectivity index (χ1) is 8.54. The summed E-state index contributed by atoms with van der Waals surface area (Å²) in [5.74, 6) is 0.381. The molecule has 0 fully saturated rings. The van der Waals surface area contributed by atoms with Crippen LogP contribution in [0.3, 0.4) is 0 Å². The van der Waals surface area contributed by atoms with Crippen molar-refractivity contribution < 1.29 is 14.3 Å². The number of methoxy groups -OCH3 is 1. The molecule has 0 bridgehead atoms. The largest absolute Gasteiger partial charge is 0.497 e. The number of ether oxygens (including phenoxy) is 2. The van der Waals surface area contributed by atoms with Crippen LogP contribution in [0.15, 0.2) is 18.2 Å². The van der Waals surface area contributed by atoms with Crippen molar-refractivity contribution >= 4 is 11.6 Å². The van der Waals surface area contributed by atoms with Crippen LogP contribution in [0, 0.1) is 0 Å². The van der Waals surface area contributed by atoms with E-state index in [1.165, 1.54) is 0 Å². The predicted molar refractivity (Wildman–Crippen MR) is 70.8 cm³/mol. The van der Waals surface area contributed by atoms with Gasteiger partial charge in [0.15, 0.2) is 0 Å². The molecule has 0 aliphatic carbocycles. The molecule has 5 heteroatoms. The van der Waals surface area contributed by atoms with Gasteiger partial charge in [-0.15, -0.1) is 0 Å². The molecule has 1 aromatic carbocycles. The molecular formula is C13H20N2O3. The summed E-state index contributed by atoms with van der Waals surface area (Å²) in [7, 11) is 1.55. The van der Waals surface area contributed by atoms with Crippen molar-refractivity contribution in [2.75, 3.05) is 26.0 Å². The van der Waals surface area contributed by atoms with Crippen LogP contribution in [0.1, 0.15) is 24.2 Å². The van der Waals surface area contributed by atoms with E-state index in [-0.39, 0.29) is 12.0 Å². The zero-order chi connectivity index (χ0) is 13.5. The molecule has 0 saturated carbocycles. The number of hydrogen-bond acceptors (Lipinski definition) is 4. The molecule has 3 N–H and O–H groups in total. The van der Waals surface area contributed by atoms with Gasteiger partial charge in [0.2, 0.25) is 0 Å². The van der Waals surface area contributed by atoms with E-state index in [9.17, 15) is 4.79 Å². The van der Waals surface area contributed by atoms with E-state index in [0.717, 1.165) is 0 Å². The number of carbonyl (C=O) groups is 1. The monoisotopic (exact) mass is 252 g/mol. The van der Waals surface area contributed by atoms with E-state index in [1.54, 1.807) is 25.3 Å². The third-order valence-electron chi connectivity index (χ3n) is 2.34. The first-order valence-corrected chi connectivity index (χ1v) is 5.88. The number of benzene rings is 1. The maximum atomic E-state index is 11.9. The average molecular weight is 252 g/mol. The lowest BCUT2D eigenvalue weighted by atomic mass is 10.1. The highest BCUT2D eigenvalue weighted by Gasteiger charge is 2.10. The summed E-state index contributed by atoms with van der Waals surface area (Å²) in [6, 6.07) is 4.99. The molecule has 0 unspecified atom stereocenters. The van der Waals surface area contributed by atoms with Crippen LogP contribution in [0.25, 0.3) is 0 Å². The molecule has 0 aliphatic heterocycles. The third kappa shape index (κ3) is 4.25. The first-order valence-electron chi connectivity index (χ1n) is 5.88. The number of carbonyl (C=O) groups excluding carboxylic acids is 1. The summed E-state index contributed by atoms with van der Waals surface area (Å²) in [5, 5.41) is 2.75. The van der Waals surface area contributed by atoms with Crippen molar-refractivity contribution in [2.24, 2.45) is 0 Å². The second-order valence-electron chi connectivity index (χ2n) is 4.13. The van der Waals surface area contributed by atoms with Gasteiger partial charge in [-0.3, -0.25) is 4.79 Å². The number of nitrogens with two attached hydrogens (primary N) is 1. The van der Waals surface area contributed by atoms with E-state index in [2.05, 4.69) is 5.32 Å². The van der Waals surface area contributed by atoms with Crippen LogP contribution in [0.4, 0.5) is 5.69 Å². The molecule has 0 aromatic heterocycles. The van der Waals surface area contributed by atoms with E-state index in [4.69, 9.17) is 15.2 Å². The topological polar surface area (TPSA) is 73.6 Å². The highest BCUT2D eigenvalue weighted by atomic mass is 16.5. The molecule has 0 spiro atoms. The molecule has 18 heavy (non-hydrogen) atoms. The van der Waals surface area contributed by atoms with Crippen molar-refractivity contribution in [3.8, 4) is 5.75 Å². The van der Waals surface area contributed by atoms with Gasteiger partial charge in [0.25, 0.3) is 5.91 Å². The number of hydrogen-bond donors (Lipinski definition) is 2. The van der Waals surface area contributed by atoms with E-state index in [0.29, 0.717) is 30.2 Å². The molecular weight excluding hydrogens is 232 g/mol. The van der Waals surface area contributed by atoms with Crippen LogP contribution >= 0.6 is 0 Å². The van der Waals surface area contributed by atoms with Gasteiger partial charge >= 0.3 is 0 Å². The van der Waals surface area contributed by atoms with Crippen molar-refractivity contribution in [1.82, 2.24) is 5.32 Å². The van der Waals surface area contributed by atoms with Crippen molar-refractivity contribution in [1.29, 1.82) is 0 Å². The minimum atomic E-state index is -0.223. The summed E-state index contributed by atoms with van der Waals surface area (Å²) in [5.41, 5.74) is 6.59. The molecule has 1 rings (SSSR count). The summed E-state index contributed by atoms with van der Waals surface area (Å²) in [4.78, 5) is 11.9. The Morgan fingerprint density at radius 1 is 1.44 bits per heavy atom. The predicted octanol–water partition coefficient (Wildman–Crippen LogP) is 1.43. The van der Waals surface area contributed by atoms with Crippen molar-refractivity contribution in [2.45, 2.75) is 20.0 Å². The fourth-order valence-corrected chi connectivity index (χ4v) is 1.41. The molecule has 100 valence electrons. The van der Waals surface area contributed by atoms with Gasteiger partial charge in [0.05, 0.1) is 25.4 Å². The van der Waals surface area contributed by atoms with Crippen LogP contribution in [0.5, 0.6) is 5.75 Å². The van der Waals surface area contributed by atoms with Gasteiger partial charge in [0.1, 0.15) is 5.75 Å². The Morgan fingerprint density at radius 3 is 2.78 bits per heavy atom. The second-order valence-corrected chi connectivity index (χ2v) is 4.13. The van der Waals surface area contributed by atoms with Gasteiger partial charge in [-0.2, -0.15) is 0 Å². The minimum Gasteiger partial charge on any atom is -0.497 e. The normalized spacial score (nSPS) is 10.4. The minimum absolute atomic E-state index is 0.156. The van der Waals surface area contributed by atoms with Crippen LogP contribution in [-0.2, 0) is 4.74 Å². The van der Waals surface area contributed by atoms with Crippen LogP contribution in [-0.4, -0.2) is 32.3 Å². The average Bonchev–Trinajstić information content (AvgIpc) is 2.34. The van der Waals surface area contributed by atoms with E-state index >= 15 is 0 Å². The highest BCUT2D eigenvalue weighted by Crippen LogP contribution is 2.19. The van der Waals surface area contributed by atoms with Gasteiger partial charge < -0.3 is 20.5 Å². The van der Waals surface area contributed by atoms with Crippen LogP contribution in [0.2, 0.25) is 0 Å². The fourth-order valence-electron chi connectivity index (χ4n) is 1.41. The number of rotatable bonds is 6. The summed E-state index contributed by atoms with van der Waals surface area (Å²) < 4.78 is 10.4. The Hall–Kier alpha value is -1.75. The standard InChI is InChI=1S/C13H20N2O3/c1-9(2)18-7-6-15-13(16)11-8-10(17-3)4-5-12(11)14/h4-5,8-9H,6-7,14H2,1-3H3,(H,15,16). The summed E-state index contributed by atoms with van der Waals surface area (Å²) in [6.45, 7) is 4.82. The molecule has 5 nitrogen and oxygen atoms in total. The summed E-state index contributed by atoms with van der Waals surface area (Å²) >= 11 is 0. The van der Waals surface area contributed by atoms with E-state index < -0.39 is 0 Å². The Morgan fingerprint density at radius 2 is 2.17 bits per heavy atom. The Labute approximate surface area is 107 Å². The molecule has 0 atom stereocenters. The van der Waals surface area contributed by atoms with Gasteiger partial charge in [-0.05, 0) is 32.0 Å². The second kappa shape index (κ2) is 6.86. The van der Waals surface area contributed by atoms with Crippen molar-refractivity contribution in [3.63, 3.8) is 0 Å². The lowest BCUT2D eigenvalue weighted by molar-refractivity contribution is 0.0747. The zero-order valence-corrected chi connectivity index (χ0v) is 11.0. The van der Waals surface area contributed by atoms with Gasteiger partial charge in [0, 0.05) is 12.2 Å². The number of nitrogens with one attached hydrogen (secondary N) is 1. The van der Waals surface area contributed by atoms with Gasteiger partial charge in [-0.25, -0.2) is 0 Å². The van der Waals surface area contributed by atoms with E-state index in [1.807, 2.05) is 13.8 Å². The highest BCUT2D eigenvalue weighted by molar-refractivity contribution is 5.99. The third-order valence-corrected chi connectivity index (χ3v) is 2.34. The lowest BCUT2D eigenvalue weighted by Gasteiger charge is -2.10. The smallest absolute Gasteiger partial charge is 0.253 e. The Bertz CT molecular complexity index is 405. The number of nitrogen functional groups attached to an aromatic ring is 1. The molecule has 0 radical (unpaired) electrons. The van der Waals surface area contributed by atoms with Crippen LogP contribution < -0.4 is 15.8 Å². The molecule has 0 heterocycles. The lowest BCUT2D eigenvalue weighted by Crippen LogP contribution is -2.28. The fraction of sp³-hybridized carbons (Fsp3) is 0.462. The molecule has 1 aromatic rings. The maximum absolute atomic E-state index is 11.9. The quantitative estimate of drug-likeness (QED) is 0.593. The molecule has 0 aliphatic rings. The number of amides is 1. The maximum Gasteiger partial charge on any atom is 0.253 e. The van der Waals surface area contributed by atoms with Gasteiger partial charge in [-0.1, -0.05) is 0 Å². The number of anilines is 1. The summed E-state index contributed by atoms with van der Waals surface area (Å²) in [6.07, 6.45) is 0.156. The Kier molecular flexibility index (Phi) is 5.45. The molecule has 0 saturated heterocycles.